The Morgan fingerprint density at radius 1 is 0.667 bits per heavy atom. The second-order valence-electron chi connectivity index (χ2n) is 4.07. The highest BCUT2D eigenvalue weighted by molar-refractivity contribution is 5.49. The molecule has 0 aromatic heterocycles. The molecule has 0 radical (unpaired) electrons. The first-order chi connectivity index (χ1) is 9.29. The van der Waals surface area contributed by atoms with Crippen LogP contribution < -0.4 is 0 Å². The molecule has 0 nitrogen and oxygen atoms in total. The van der Waals surface area contributed by atoms with E-state index in [4.69, 9.17) is 0 Å². The molecule has 0 atom stereocenters. The number of hydrogen-bond donors (Lipinski definition) is 0. The van der Waals surface area contributed by atoms with Crippen molar-refractivity contribution in [3.63, 3.8) is 0 Å². The minimum absolute atomic E-state index is 0.0826. The van der Waals surface area contributed by atoms with Crippen LogP contribution in [0.3, 0.4) is 0 Å². The monoisotopic (exact) mass is 322 g/mol. The van der Waals surface area contributed by atoms with E-state index >= 15 is 0 Å². The maximum atomic E-state index is 12.8. The molecule has 1 aromatic rings. The number of benzene rings is 1. The van der Waals surface area contributed by atoms with E-state index < -0.39 is 29.5 Å². The smallest absolute Gasteiger partial charge is 0.169 e. The van der Waals surface area contributed by atoms with E-state index in [2.05, 4.69) is 6.58 Å². The molecule has 0 spiro atoms. The Kier molecular flexibility index (Phi) is 4.10. The van der Waals surface area contributed by atoms with Crippen LogP contribution in [0.1, 0.15) is 11.1 Å². The van der Waals surface area contributed by atoms with Gasteiger partial charge >= 0.3 is 18.5 Å². The van der Waals surface area contributed by atoms with E-state index in [0.29, 0.717) is 12.1 Å². The third-order valence-corrected chi connectivity index (χ3v) is 2.86. The van der Waals surface area contributed by atoms with Crippen molar-refractivity contribution in [3.8, 4) is 0 Å². The van der Waals surface area contributed by atoms with Crippen molar-refractivity contribution in [2.24, 2.45) is 0 Å². The number of hydrogen-bond acceptors (Lipinski definition) is 0. The second kappa shape index (κ2) is 4.96. The third kappa shape index (κ3) is 2.60. The molecule has 0 aliphatic rings. The van der Waals surface area contributed by atoms with Crippen LogP contribution in [0.15, 0.2) is 30.8 Å². The Bertz CT molecular complexity index is 465. The average molecular weight is 322 g/mol. The molecule has 21 heavy (non-hydrogen) atoms. The lowest BCUT2D eigenvalue weighted by molar-refractivity contribution is -0.387. The Hall–Kier alpha value is -1.67. The van der Waals surface area contributed by atoms with Gasteiger partial charge in [-0.3, -0.25) is 0 Å². The van der Waals surface area contributed by atoms with E-state index in [1.54, 1.807) is 0 Å². The normalized spacial score (nSPS) is 14.1. The summed E-state index contributed by atoms with van der Waals surface area (Å²) in [4.78, 5) is 0. The van der Waals surface area contributed by atoms with E-state index in [0.717, 1.165) is 6.08 Å². The first-order valence-corrected chi connectivity index (χ1v) is 5.22. The van der Waals surface area contributed by atoms with Crippen LogP contribution in [0.5, 0.6) is 0 Å². The average Bonchev–Trinajstić information content (AvgIpc) is 2.24. The van der Waals surface area contributed by atoms with Crippen LogP contribution in [0.4, 0.5) is 39.5 Å². The van der Waals surface area contributed by atoms with Crippen LogP contribution >= 0.6 is 0 Å². The Morgan fingerprint density at radius 3 is 1.24 bits per heavy atom. The highest BCUT2D eigenvalue weighted by atomic mass is 19.4. The fourth-order valence-corrected chi connectivity index (χ4v) is 1.84. The number of rotatable bonds is 2. The summed E-state index contributed by atoms with van der Waals surface area (Å²) in [5, 5.41) is 0. The lowest BCUT2D eigenvalue weighted by Gasteiger charge is -2.38. The van der Waals surface area contributed by atoms with Gasteiger partial charge in [-0.25, -0.2) is 0 Å². The summed E-state index contributed by atoms with van der Waals surface area (Å²) in [5.74, 6) is 0. The summed E-state index contributed by atoms with van der Waals surface area (Å²) in [7, 11) is 0. The molecule has 0 saturated heterocycles. The third-order valence-electron chi connectivity index (χ3n) is 2.86. The van der Waals surface area contributed by atoms with Crippen molar-refractivity contribution in [1.82, 2.24) is 0 Å². The van der Waals surface area contributed by atoms with Gasteiger partial charge < -0.3 is 0 Å². The number of alkyl halides is 9. The van der Waals surface area contributed by atoms with Crippen LogP contribution in [-0.2, 0) is 5.41 Å². The summed E-state index contributed by atoms with van der Waals surface area (Å²) >= 11 is 0. The Labute approximate surface area is 112 Å². The lowest BCUT2D eigenvalue weighted by atomic mass is 9.77. The van der Waals surface area contributed by atoms with E-state index in [1.165, 1.54) is 0 Å². The maximum Gasteiger partial charge on any atom is 0.416 e. The van der Waals surface area contributed by atoms with E-state index in [-0.39, 0.29) is 17.7 Å². The maximum absolute atomic E-state index is 12.8. The van der Waals surface area contributed by atoms with Crippen molar-refractivity contribution >= 4 is 6.08 Å². The highest BCUT2D eigenvalue weighted by Gasteiger charge is 2.84. The van der Waals surface area contributed by atoms with E-state index in [1.807, 2.05) is 0 Å². The molecule has 0 bridgehead atoms. The van der Waals surface area contributed by atoms with Gasteiger partial charge in [0.2, 0.25) is 0 Å². The first-order valence-electron chi connectivity index (χ1n) is 5.22. The second-order valence-corrected chi connectivity index (χ2v) is 4.07. The predicted molar refractivity (Wildman–Crippen MR) is 56.4 cm³/mol. The number of halogens is 9. The zero-order valence-corrected chi connectivity index (χ0v) is 10.00. The van der Waals surface area contributed by atoms with Gasteiger partial charge in [0.15, 0.2) is 0 Å². The summed E-state index contributed by atoms with van der Waals surface area (Å²) in [6.07, 6.45) is -18.7. The van der Waals surface area contributed by atoms with Gasteiger partial charge in [-0.05, 0) is 11.1 Å². The fraction of sp³-hybridized carbons (Fsp3) is 0.333. The standard InChI is InChI=1S/C12H7F9/c1-2-7-3-5-8(6-4-7)9(10(13,14)15,11(16,17)18)12(19,20)21/h2-6H,1H2. The zero-order valence-electron chi connectivity index (χ0n) is 10.00. The lowest BCUT2D eigenvalue weighted by Crippen LogP contribution is -2.63. The largest absolute Gasteiger partial charge is 0.416 e. The van der Waals surface area contributed by atoms with Crippen LogP contribution in [-0.4, -0.2) is 18.5 Å². The van der Waals surface area contributed by atoms with Crippen molar-refractivity contribution in [2.45, 2.75) is 23.9 Å². The Balaban J connectivity index is 3.76. The van der Waals surface area contributed by atoms with Crippen molar-refractivity contribution in [3.05, 3.63) is 42.0 Å². The minimum atomic E-state index is -6.60. The van der Waals surface area contributed by atoms with Gasteiger partial charge in [0.05, 0.1) is 0 Å². The summed E-state index contributed by atoms with van der Waals surface area (Å²) in [5.41, 5.74) is -7.80. The van der Waals surface area contributed by atoms with Crippen molar-refractivity contribution in [1.29, 1.82) is 0 Å². The van der Waals surface area contributed by atoms with Gasteiger partial charge in [-0.1, -0.05) is 36.9 Å². The van der Waals surface area contributed by atoms with Crippen LogP contribution in [0.2, 0.25) is 0 Å². The molecule has 9 heteroatoms. The SMILES string of the molecule is C=Cc1ccc(C(C(F)(F)F)(C(F)(F)F)C(F)(F)F)cc1. The van der Waals surface area contributed by atoms with Gasteiger partial charge in [0, 0.05) is 0 Å². The molecular formula is C12H7F9. The summed E-state index contributed by atoms with van der Waals surface area (Å²) < 4.78 is 115. The first kappa shape index (κ1) is 17.4. The molecule has 118 valence electrons. The van der Waals surface area contributed by atoms with E-state index in [9.17, 15) is 39.5 Å². The molecule has 0 fully saturated rings. The molecule has 0 unspecified atom stereocenters. The molecule has 1 aromatic carbocycles. The molecule has 0 aliphatic heterocycles. The molecule has 0 heterocycles. The molecule has 0 aliphatic carbocycles. The van der Waals surface area contributed by atoms with Gasteiger partial charge in [-0.15, -0.1) is 0 Å². The van der Waals surface area contributed by atoms with Crippen LogP contribution in [0.25, 0.3) is 6.08 Å². The predicted octanol–water partition coefficient (Wildman–Crippen LogP) is 5.25. The summed E-state index contributed by atoms with van der Waals surface area (Å²) in [6, 6.07) is 1.68. The Morgan fingerprint density at radius 2 is 1.00 bits per heavy atom. The summed E-state index contributed by atoms with van der Waals surface area (Å²) in [6.45, 7) is 3.20. The molecule has 0 saturated carbocycles. The molecular weight excluding hydrogens is 315 g/mol. The minimum Gasteiger partial charge on any atom is -0.169 e. The van der Waals surface area contributed by atoms with Crippen LogP contribution in [0, 0.1) is 0 Å². The quantitative estimate of drug-likeness (QED) is 0.652. The molecule has 0 amide bonds. The van der Waals surface area contributed by atoms with Gasteiger partial charge in [0.25, 0.3) is 5.41 Å². The van der Waals surface area contributed by atoms with Gasteiger partial charge in [0.1, 0.15) is 0 Å². The topological polar surface area (TPSA) is 0 Å². The molecule has 1 rings (SSSR count). The van der Waals surface area contributed by atoms with Gasteiger partial charge in [-0.2, -0.15) is 39.5 Å². The van der Waals surface area contributed by atoms with Crippen molar-refractivity contribution in [2.75, 3.05) is 0 Å². The highest BCUT2D eigenvalue weighted by Crippen LogP contribution is 2.60. The molecule has 0 N–H and O–H groups in total. The fourth-order valence-electron chi connectivity index (χ4n) is 1.84. The van der Waals surface area contributed by atoms with Crippen molar-refractivity contribution < 1.29 is 39.5 Å². The zero-order chi connectivity index (χ0) is 16.7.